The maximum Gasteiger partial charge on any atom is 0.144 e. The van der Waals surface area contributed by atoms with Gasteiger partial charge in [-0.1, -0.05) is 6.92 Å². The highest BCUT2D eigenvalue weighted by Crippen LogP contribution is 2.29. The van der Waals surface area contributed by atoms with Gasteiger partial charge in [0.1, 0.15) is 11.9 Å². The van der Waals surface area contributed by atoms with Crippen LogP contribution in [0.1, 0.15) is 23.6 Å². The second kappa shape index (κ2) is 4.06. The number of halogens is 1. The molecule has 0 bridgehead atoms. The minimum atomic E-state index is -0.431. The summed E-state index contributed by atoms with van der Waals surface area (Å²) >= 11 is 0. The Hall–Kier alpha value is -2.08. The Morgan fingerprint density at radius 1 is 1.35 bits per heavy atom. The third-order valence-corrected chi connectivity index (χ3v) is 2.95. The molecule has 2 nitrogen and oxygen atoms in total. The average molecular weight is 228 g/mol. The summed E-state index contributed by atoms with van der Waals surface area (Å²) in [6.45, 7) is 3.62. The molecular formula is C14H13FN2. The van der Waals surface area contributed by atoms with Crippen LogP contribution in [0.5, 0.6) is 0 Å². The average Bonchev–Trinajstić information content (AvgIpc) is 2.30. The molecule has 0 aromatic heterocycles. The zero-order chi connectivity index (χ0) is 12.6. The quantitative estimate of drug-likeness (QED) is 0.761. The summed E-state index contributed by atoms with van der Waals surface area (Å²) in [5, 5.41) is 10.6. The van der Waals surface area contributed by atoms with Crippen LogP contribution in [0.4, 0.5) is 10.1 Å². The first-order chi connectivity index (χ1) is 8.08. The first-order valence-corrected chi connectivity index (χ1v) is 5.49. The number of aryl methyl sites for hydroxylation is 2. The van der Waals surface area contributed by atoms with Crippen molar-refractivity contribution < 1.29 is 4.39 Å². The van der Waals surface area contributed by atoms with E-state index in [1.54, 1.807) is 25.1 Å². The minimum Gasteiger partial charge on any atom is -0.399 e. The van der Waals surface area contributed by atoms with E-state index in [0.717, 1.165) is 17.4 Å². The maximum absolute atomic E-state index is 13.9. The largest absolute Gasteiger partial charge is 0.399 e. The van der Waals surface area contributed by atoms with Gasteiger partial charge < -0.3 is 5.73 Å². The smallest absolute Gasteiger partial charge is 0.144 e. The highest BCUT2D eigenvalue weighted by atomic mass is 19.1. The predicted molar refractivity (Wildman–Crippen MR) is 67.1 cm³/mol. The number of nitrogens with two attached hydrogens (primary N) is 1. The van der Waals surface area contributed by atoms with Crippen molar-refractivity contribution in [3.63, 3.8) is 0 Å². The van der Waals surface area contributed by atoms with Crippen LogP contribution in [0.25, 0.3) is 10.8 Å². The van der Waals surface area contributed by atoms with Crippen molar-refractivity contribution in [3.05, 3.63) is 40.7 Å². The van der Waals surface area contributed by atoms with Crippen LogP contribution in [0.3, 0.4) is 0 Å². The lowest BCUT2D eigenvalue weighted by Gasteiger charge is -2.10. The predicted octanol–water partition coefficient (Wildman–Crippen LogP) is 3.30. The summed E-state index contributed by atoms with van der Waals surface area (Å²) in [5.41, 5.74) is 7.95. The van der Waals surface area contributed by atoms with Crippen LogP contribution in [0.2, 0.25) is 0 Å². The molecule has 2 aromatic rings. The molecule has 86 valence electrons. The molecule has 0 saturated carbocycles. The van der Waals surface area contributed by atoms with Crippen LogP contribution in [-0.4, -0.2) is 0 Å². The van der Waals surface area contributed by atoms with Crippen LogP contribution < -0.4 is 5.73 Å². The van der Waals surface area contributed by atoms with Gasteiger partial charge in [-0.05, 0) is 48.1 Å². The Morgan fingerprint density at radius 2 is 2.06 bits per heavy atom. The number of benzene rings is 2. The highest BCUT2D eigenvalue weighted by Gasteiger charge is 2.13. The fraction of sp³-hybridized carbons (Fsp3) is 0.214. The molecule has 0 aliphatic rings. The van der Waals surface area contributed by atoms with Crippen molar-refractivity contribution in [1.82, 2.24) is 0 Å². The fourth-order valence-electron chi connectivity index (χ4n) is 2.16. The Morgan fingerprint density at radius 3 is 2.65 bits per heavy atom. The molecule has 17 heavy (non-hydrogen) atoms. The summed E-state index contributed by atoms with van der Waals surface area (Å²) < 4.78 is 13.9. The SMILES string of the molecule is CCc1cc(N)cc2cc(C)c(F)c(C#N)c12. The lowest BCUT2D eigenvalue weighted by molar-refractivity contribution is 0.617. The van der Waals surface area contributed by atoms with Gasteiger partial charge in [-0.2, -0.15) is 5.26 Å². The van der Waals surface area contributed by atoms with Crippen molar-refractivity contribution in [1.29, 1.82) is 5.26 Å². The third-order valence-electron chi connectivity index (χ3n) is 2.95. The summed E-state index contributed by atoms with van der Waals surface area (Å²) in [6.07, 6.45) is 0.721. The molecule has 0 aliphatic carbocycles. The molecule has 0 fully saturated rings. The second-order valence-electron chi connectivity index (χ2n) is 4.13. The van der Waals surface area contributed by atoms with Crippen molar-refractivity contribution in [2.75, 3.05) is 5.73 Å². The van der Waals surface area contributed by atoms with Crippen molar-refractivity contribution >= 4 is 16.5 Å². The van der Waals surface area contributed by atoms with E-state index in [9.17, 15) is 4.39 Å². The monoisotopic (exact) mass is 228 g/mol. The molecule has 0 unspecified atom stereocenters. The molecule has 0 aliphatic heterocycles. The van der Waals surface area contributed by atoms with E-state index in [4.69, 9.17) is 11.0 Å². The molecule has 0 radical (unpaired) electrons. The van der Waals surface area contributed by atoms with E-state index in [2.05, 4.69) is 0 Å². The van der Waals surface area contributed by atoms with E-state index in [1.165, 1.54) is 0 Å². The number of nitrogens with zero attached hydrogens (tertiary/aromatic N) is 1. The first-order valence-electron chi connectivity index (χ1n) is 5.49. The topological polar surface area (TPSA) is 49.8 Å². The summed E-state index contributed by atoms with van der Waals surface area (Å²) in [7, 11) is 0. The molecular weight excluding hydrogens is 215 g/mol. The summed E-state index contributed by atoms with van der Waals surface area (Å²) in [6, 6.07) is 7.28. The van der Waals surface area contributed by atoms with Gasteiger partial charge in [0.05, 0.1) is 5.56 Å². The van der Waals surface area contributed by atoms with Crippen LogP contribution in [-0.2, 0) is 6.42 Å². The molecule has 2 aromatic carbocycles. The Labute approximate surface area is 99.5 Å². The van der Waals surface area contributed by atoms with Crippen LogP contribution >= 0.6 is 0 Å². The molecule has 0 spiro atoms. The number of hydrogen-bond acceptors (Lipinski definition) is 2. The van der Waals surface area contributed by atoms with Crippen molar-refractivity contribution in [2.24, 2.45) is 0 Å². The molecule has 0 heterocycles. The van der Waals surface area contributed by atoms with Gasteiger partial charge in [-0.3, -0.25) is 0 Å². The Bertz CT molecular complexity index is 639. The lowest BCUT2D eigenvalue weighted by Crippen LogP contribution is -1.97. The Balaban J connectivity index is 3.02. The zero-order valence-corrected chi connectivity index (χ0v) is 9.84. The van der Waals surface area contributed by atoms with Gasteiger partial charge in [0.25, 0.3) is 0 Å². The van der Waals surface area contributed by atoms with Crippen molar-refractivity contribution in [2.45, 2.75) is 20.3 Å². The van der Waals surface area contributed by atoms with Gasteiger partial charge in [0, 0.05) is 11.1 Å². The van der Waals surface area contributed by atoms with Gasteiger partial charge in [0.15, 0.2) is 0 Å². The number of fused-ring (bicyclic) bond motifs is 1. The lowest BCUT2D eigenvalue weighted by atomic mass is 9.95. The normalized spacial score (nSPS) is 10.5. The van der Waals surface area contributed by atoms with Gasteiger partial charge in [-0.15, -0.1) is 0 Å². The van der Waals surface area contributed by atoms with Crippen molar-refractivity contribution in [3.8, 4) is 6.07 Å². The summed E-state index contributed by atoms with van der Waals surface area (Å²) in [5.74, 6) is -0.431. The highest BCUT2D eigenvalue weighted by molar-refractivity contribution is 5.94. The van der Waals surface area contributed by atoms with E-state index >= 15 is 0 Å². The van der Waals surface area contributed by atoms with E-state index in [-0.39, 0.29) is 5.56 Å². The Kier molecular flexibility index (Phi) is 2.72. The summed E-state index contributed by atoms with van der Waals surface area (Å²) in [4.78, 5) is 0. The first kappa shape index (κ1) is 11.4. The van der Waals surface area contributed by atoms with Gasteiger partial charge >= 0.3 is 0 Å². The molecule has 2 rings (SSSR count). The number of rotatable bonds is 1. The van der Waals surface area contributed by atoms with Crippen LogP contribution in [0.15, 0.2) is 18.2 Å². The van der Waals surface area contributed by atoms with Gasteiger partial charge in [0.2, 0.25) is 0 Å². The fourth-order valence-corrected chi connectivity index (χ4v) is 2.16. The standard InChI is InChI=1S/C14H13FN2/c1-3-9-5-11(17)6-10-4-8(2)14(15)12(7-16)13(9)10/h4-6H,3,17H2,1-2H3. The number of anilines is 1. The maximum atomic E-state index is 13.9. The van der Waals surface area contributed by atoms with E-state index < -0.39 is 5.82 Å². The number of nitrogen functional groups attached to an aromatic ring is 1. The third kappa shape index (κ3) is 1.72. The molecule has 2 N–H and O–H groups in total. The molecule has 0 saturated heterocycles. The van der Waals surface area contributed by atoms with E-state index in [1.807, 2.05) is 13.0 Å². The number of nitriles is 1. The van der Waals surface area contributed by atoms with Crippen LogP contribution in [0, 0.1) is 24.1 Å². The van der Waals surface area contributed by atoms with Gasteiger partial charge in [-0.25, -0.2) is 4.39 Å². The molecule has 0 amide bonds. The molecule has 0 atom stereocenters. The zero-order valence-electron chi connectivity index (χ0n) is 9.84. The minimum absolute atomic E-state index is 0.122. The molecule has 3 heteroatoms. The number of hydrogen-bond donors (Lipinski definition) is 1. The second-order valence-corrected chi connectivity index (χ2v) is 4.13. The van der Waals surface area contributed by atoms with E-state index in [0.29, 0.717) is 16.6 Å².